The van der Waals surface area contributed by atoms with Crippen molar-refractivity contribution in [1.29, 1.82) is 0 Å². The van der Waals surface area contributed by atoms with Gasteiger partial charge < -0.3 is 5.73 Å². The summed E-state index contributed by atoms with van der Waals surface area (Å²) in [6.07, 6.45) is 5.41. The van der Waals surface area contributed by atoms with E-state index in [2.05, 4.69) is 32.6 Å². The van der Waals surface area contributed by atoms with Crippen LogP contribution < -0.4 is 5.73 Å². The predicted octanol–water partition coefficient (Wildman–Crippen LogP) is 3.12. The quantitative estimate of drug-likeness (QED) is 0.741. The van der Waals surface area contributed by atoms with Gasteiger partial charge in [0.05, 0.1) is 0 Å². The third-order valence-electron chi connectivity index (χ3n) is 4.22. The molecule has 0 bridgehead atoms. The molecule has 2 nitrogen and oxygen atoms in total. The largest absolute Gasteiger partial charge is 0.329 e. The Balaban J connectivity index is 2.45. The minimum absolute atomic E-state index is 0.610. The molecular weight excluding hydrogens is 208 g/mol. The Hall–Kier alpha value is -0.0800. The SMILES string of the molecule is CCCC1CCN(C(CN)C(C)CC(C)C)C1. The first-order valence-electron chi connectivity index (χ1n) is 7.52. The minimum Gasteiger partial charge on any atom is -0.329 e. The van der Waals surface area contributed by atoms with E-state index >= 15 is 0 Å². The highest BCUT2D eigenvalue weighted by Crippen LogP contribution is 2.27. The molecule has 3 unspecified atom stereocenters. The van der Waals surface area contributed by atoms with Gasteiger partial charge in [0.1, 0.15) is 0 Å². The summed E-state index contributed by atoms with van der Waals surface area (Å²) in [6.45, 7) is 12.7. The van der Waals surface area contributed by atoms with Crippen LogP contribution in [-0.4, -0.2) is 30.6 Å². The van der Waals surface area contributed by atoms with Crippen molar-refractivity contribution < 1.29 is 0 Å². The van der Waals surface area contributed by atoms with Crippen molar-refractivity contribution in [2.24, 2.45) is 23.5 Å². The summed E-state index contributed by atoms with van der Waals surface area (Å²) in [6, 6.07) is 0.610. The van der Waals surface area contributed by atoms with Crippen LogP contribution in [0.25, 0.3) is 0 Å². The molecule has 1 aliphatic rings. The van der Waals surface area contributed by atoms with E-state index in [0.717, 1.165) is 24.3 Å². The van der Waals surface area contributed by atoms with Crippen LogP contribution in [0.3, 0.4) is 0 Å². The van der Waals surface area contributed by atoms with Crippen LogP contribution in [-0.2, 0) is 0 Å². The van der Waals surface area contributed by atoms with Crippen LogP contribution in [0.15, 0.2) is 0 Å². The van der Waals surface area contributed by atoms with E-state index in [1.165, 1.54) is 38.8 Å². The van der Waals surface area contributed by atoms with Gasteiger partial charge in [0.25, 0.3) is 0 Å². The standard InChI is InChI=1S/C15H32N2/c1-5-6-14-7-8-17(11-14)15(10-16)13(4)9-12(2)3/h12-15H,5-11,16H2,1-4H3. The van der Waals surface area contributed by atoms with Crippen molar-refractivity contribution in [1.82, 2.24) is 4.90 Å². The second-order valence-electron chi connectivity index (χ2n) is 6.35. The van der Waals surface area contributed by atoms with E-state index in [1.807, 2.05) is 0 Å². The maximum atomic E-state index is 6.01. The highest BCUT2D eigenvalue weighted by Gasteiger charge is 2.30. The molecular formula is C15H32N2. The van der Waals surface area contributed by atoms with Crippen molar-refractivity contribution in [3.63, 3.8) is 0 Å². The Morgan fingerprint density at radius 3 is 2.53 bits per heavy atom. The molecule has 1 aliphatic heterocycles. The van der Waals surface area contributed by atoms with Crippen LogP contribution in [0.4, 0.5) is 0 Å². The first kappa shape index (κ1) is 15.0. The van der Waals surface area contributed by atoms with Crippen molar-refractivity contribution in [2.75, 3.05) is 19.6 Å². The van der Waals surface area contributed by atoms with Crippen molar-refractivity contribution in [2.45, 2.75) is 59.4 Å². The van der Waals surface area contributed by atoms with Crippen LogP contribution in [0.2, 0.25) is 0 Å². The van der Waals surface area contributed by atoms with Gasteiger partial charge in [0, 0.05) is 19.1 Å². The summed E-state index contributed by atoms with van der Waals surface area (Å²) >= 11 is 0. The fraction of sp³-hybridized carbons (Fsp3) is 1.00. The van der Waals surface area contributed by atoms with Crippen LogP contribution in [0.5, 0.6) is 0 Å². The normalized spacial score (nSPS) is 25.4. The fourth-order valence-corrected chi connectivity index (χ4v) is 3.45. The van der Waals surface area contributed by atoms with Gasteiger partial charge in [-0.1, -0.05) is 34.1 Å². The zero-order chi connectivity index (χ0) is 12.8. The Kier molecular flexibility index (Phi) is 6.50. The van der Waals surface area contributed by atoms with E-state index in [4.69, 9.17) is 5.73 Å². The molecule has 2 heteroatoms. The third kappa shape index (κ3) is 4.59. The lowest BCUT2D eigenvalue weighted by molar-refractivity contribution is 0.166. The molecule has 0 aromatic rings. The number of hydrogen-bond acceptors (Lipinski definition) is 2. The molecule has 1 rings (SSSR count). The molecule has 2 N–H and O–H groups in total. The summed E-state index contributed by atoms with van der Waals surface area (Å²) in [4.78, 5) is 2.66. The first-order chi connectivity index (χ1) is 8.08. The topological polar surface area (TPSA) is 29.3 Å². The average molecular weight is 240 g/mol. The summed E-state index contributed by atoms with van der Waals surface area (Å²) in [7, 11) is 0. The van der Waals surface area contributed by atoms with Gasteiger partial charge in [0.2, 0.25) is 0 Å². The van der Waals surface area contributed by atoms with Gasteiger partial charge in [-0.15, -0.1) is 0 Å². The van der Waals surface area contributed by atoms with Gasteiger partial charge in [-0.05, 0) is 43.6 Å². The van der Waals surface area contributed by atoms with E-state index in [9.17, 15) is 0 Å². The third-order valence-corrected chi connectivity index (χ3v) is 4.22. The summed E-state index contributed by atoms with van der Waals surface area (Å²) in [5.41, 5.74) is 6.01. The number of rotatable bonds is 7. The van der Waals surface area contributed by atoms with E-state index < -0.39 is 0 Å². The highest BCUT2D eigenvalue weighted by molar-refractivity contribution is 4.85. The lowest BCUT2D eigenvalue weighted by atomic mass is 9.91. The van der Waals surface area contributed by atoms with Crippen molar-refractivity contribution >= 4 is 0 Å². The first-order valence-corrected chi connectivity index (χ1v) is 7.52. The molecule has 0 aromatic heterocycles. The number of likely N-dealkylation sites (tertiary alicyclic amines) is 1. The number of nitrogens with two attached hydrogens (primary N) is 1. The lowest BCUT2D eigenvalue weighted by Gasteiger charge is -2.32. The zero-order valence-corrected chi connectivity index (χ0v) is 12.3. The average Bonchev–Trinajstić information content (AvgIpc) is 2.67. The maximum absolute atomic E-state index is 6.01. The van der Waals surface area contributed by atoms with Crippen LogP contribution >= 0.6 is 0 Å². The van der Waals surface area contributed by atoms with E-state index in [0.29, 0.717) is 6.04 Å². The van der Waals surface area contributed by atoms with Crippen molar-refractivity contribution in [3.8, 4) is 0 Å². The summed E-state index contributed by atoms with van der Waals surface area (Å²) in [5, 5.41) is 0. The predicted molar refractivity (Wildman–Crippen MR) is 76.0 cm³/mol. The molecule has 3 atom stereocenters. The van der Waals surface area contributed by atoms with Gasteiger partial charge in [-0.2, -0.15) is 0 Å². The molecule has 1 heterocycles. The van der Waals surface area contributed by atoms with E-state index in [-0.39, 0.29) is 0 Å². The monoisotopic (exact) mass is 240 g/mol. The van der Waals surface area contributed by atoms with Gasteiger partial charge in [-0.3, -0.25) is 4.90 Å². The van der Waals surface area contributed by atoms with Gasteiger partial charge in [-0.25, -0.2) is 0 Å². The molecule has 0 saturated carbocycles. The molecule has 0 amide bonds. The minimum atomic E-state index is 0.610. The van der Waals surface area contributed by atoms with Gasteiger partial charge in [0.15, 0.2) is 0 Å². The Labute approximate surface area is 108 Å². The molecule has 1 saturated heterocycles. The molecule has 0 aliphatic carbocycles. The lowest BCUT2D eigenvalue weighted by Crippen LogP contribution is -2.44. The molecule has 102 valence electrons. The number of nitrogens with zero attached hydrogens (tertiary/aromatic N) is 1. The number of hydrogen-bond donors (Lipinski definition) is 1. The summed E-state index contributed by atoms with van der Waals surface area (Å²) in [5.74, 6) is 2.45. The van der Waals surface area contributed by atoms with E-state index in [1.54, 1.807) is 0 Å². The smallest absolute Gasteiger partial charge is 0.0244 e. The molecule has 0 radical (unpaired) electrons. The Morgan fingerprint density at radius 2 is 2.00 bits per heavy atom. The Bertz CT molecular complexity index is 203. The maximum Gasteiger partial charge on any atom is 0.0244 e. The van der Waals surface area contributed by atoms with Crippen LogP contribution in [0.1, 0.15) is 53.4 Å². The van der Waals surface area contributed by atoms with Crippen LogP contribution in [0, 0.1) is 17.8 Å². The Morgan fingerprint density at radius 1 is 1.29 bits per heavy atom. The molecule has 0 aromatic carbocycles. The highest BCUT2D eigenvalue weighted by atomic mass is 15.2. The second kappa shape index (κ2) is 7.38. The second-order valence-corrected chi connectivity index (χ2v) is 6.35. The van der Waals surface area contributed by atoms with Crippen molar-refractivity contribution in [3.05, 3.63) is 0 Å². The summed E-state index contributed by atoms with van der Waals surface area (Å²) < 4.78 is 0. The molecule has 0 spiro atoms. The zero-order valence-electron chi connectivity index (χ0n) is 12.3. The fourth-order valence-electron chi connectivity index (χ4n) is 3.45. The molecule has 1 fully saturated rings. The molecule has 17 heavy (non-hydrogen) atoms. The van der Waals surface area contributed by atoms with Gasteiger partial charge >= 0.3 is 0 Å².